The average Bonchev–Trinajstić information content (AvgIpc) is 3.49. The molecule has 226 valence electrons. The zero-order chi connectivity index (χ0) is 30.8. The van der Waals surface area contributed by atoms with Crippen molar-refractivity contribution >= 4 is 22.8 Å². The second-order valence-electron chi connectivity index (χ2n) is 11.5. The Hall–Kier alpha value is -5.22. The van der Waals surface area contributed by atoms with Crippen LogP contribution in [0.3, 0.4) is 0 Å². The second-order valence-corrected chi connectivity index (χ2v) is 11.5. The molecule has 1 aliphatic carbocycles. The number of fused-ring (bicyclic) bond motifs is 1. The van der Waals surface area contributed by atoms with Gasteiger partial charge in [-0.1, -0.05) is 109 Å². The quantitative estimate of drug-likeness (QED) is 0.209. The first kappa shape index (κ1) is 29.8. The molecule has 5 aromatic rings. The summed E-state index contributed by atoms with van der Waals surface area (Å²) in [5.74, 6) is 6.10. The first-order valence-electron chi connectivity index (χ1n) is 15.7. The molecule has 4 aromatic carbocycles. The third kappa shape index (κ3) is 7.66. The molecule has 45 heavy (non-hydrogen) atoms. The molecule has 0 bridgehead atoms. The zero-order valence-corrected chi connectivity index (χ0v) is 25.3. The highest BCUT2D eigenvalue weighted by Crippen LogP contribution is 2.26. The van der Waals surface area contributed by atoms with Gasteiger partial charge in [0.1, 0.15) is 18.1 Å². The molecule has 0 unspecified atom stereocenters. The molecule has 1 aromatic heterocycles. The average molecular weight is 596 g/mol. The number of carbonyl (C=O) groups is 2. The Kier molecular flexibility index (Phi) is 9.61. The summed E-state index contributed by atoms with van der Waals surface area (Å²) in [6.07, 6.45) is 5.87. The molecule has 1 saturated carbocycles. The van der Waals surface area contributed by atoms with Gasteiger partial charge in [0.05, 0.1) is 5.52 Å². The highest BCUT2D eigenvalue weighted by atomic mass is 16.2. The molecule has 0 saturated heterocycles. The van der Waals surface area contributed by atoms with Crippen LogP contribution in [0.4, 0.5) is 0 Å². The maximum Gasteiger partial charge on any atom is 0.247 e. The molecular weight excluding hydrogens is 558 g/mol. The molecule has 1 N–H and O–H groups in total. The van der Waals surface area contributed by atoms with Crippen LogP contribution >= 0.6 is 0 Å². The number of para-hydroxylation sites is 1. The van der Waals surface area contributed by atoms with Crippen LogP contribution in [0.1, 0.15) is 60.4 Å². The van der Waals surface area contributed by atoms with Gasteiger partial charge in [-0.15, -0.1) is 5.10 Å². The lowest BCUT2D eigenvalue weighted by Crippen LogP contribution is -2.48. The number of benzene rings is 4. The summed E-state index contributed by atoms with van der Waals surface area (Å²) in [5, 5.41) is 11.8. The van der Waals surface area contributed by atoms with Crippen molar-refractivity contribution in [3.8, 4) is 11.8 Å². The summed E-state index contributed by atoms with van der Waals surface area (Å²) < 4.78 is 1.62. The van der Waals surface area contributed by atoms with Gasteiger partial charge in [0.25, 0.3) is 0 Å². The SMILES string of the molecule is O=C(NC1CCCCC1)[C@@H](c1cccc(C#Cc2ccccc2)c1)N(CCc1ccccc1)C(=O)Cn1nnc2ccccc21. The van der Waals surface area contributed by atoms with Gasteiger partial charge in [0.2, 0.25) is 11.8 Å². The molecule has 1 fully saturated rings. The maximum absolute atomic E-state index is 14.3. The second kappa shape index (κ2) is 14.5. The summed E-state index contributed by atoms with van der Waals surface area (Å²) in [4.78, 5) is 30.3. The van der Waals surface area contributed by atoms with Gasteiger partial charge >= 0.3 is 0 Å². The third-order valence-corrected chi connectivity index (χ3v) is 8.35. The number of nitrogens with one attached hydrogen (secondary N) is 1. The summed E-state index contributed by atoms with van der Waals surface area (Å²) >= 11 is 0. The number of carbonyl (C=O) groups excluding carboxylic acids is 2. The molecular formula is C38H37N5O2. The highest BCUT2D eigenvalue weighted by molar-refractivity contribution is 5.89. The summed E-state index contributed by atoms with van der Waals surface area (Å²) in [6, 6.07) is 34.4. The van der Waals surface area contributed by atoms with Crippen LogP contribution in [0.2, 0.25) is 0 Å². The minimum absolute atomic E-state index is 0.0317. The van der Waals surface area contributed by atoms with Crippen LogP contribution in [0.15, 0.2) is 109 Å². The molecule has 1 atom stereocenters. The number of rotatable bonds is 9. The molecule has 2 amide bonds. The van der Waals surface area contributed by atoms with E-state index in [4.69, 9.17) is 0 Å². The zero-order valence-electron chi connectivity index (χ0n) is 25.3. The van der Waals surface area contributed by atoms with Crippen molar-refractivity contribution in [1.29, 1.82) is 0 Å². The number of amides is 2. The number of aromatic nitrogens is 3. The minimum atomic E-state index is -0.837. The fourth-order valence-corrected chi connectivity index (χ4v) is 6.00. The van der Waals surface area contributed by atoms with Crippen molar-refractivity contribution in [3.63, 3.8) is 0 Å². The molecule has 6 rings (SSSR count). The largest absolute Gasteiger partial charge is 0.351 e. The lowest BCUT2D eigenvalue weighted by Gasteiger charge is -2.33. The van der Waals surface area contributed by atoms with E-state index in [0.29, 0.717) is 13.0 Å². The van der Waals surface area contributed by atoms with E-state index in [2.05, 4.69) is 27.5 Å². The normalized spacial score (nSPS) is 13.9. The standard InChI is InChI=1S/C38H37N5O2/c44-36(28-43-35-22-11-10-21-34(35)40-41-43)42(26-25-30-15-6-2-7-16-30)37(38(45)39-33-19-8-3-9-20-33)32-18-12-17-31(27-32)24-23-29-13-4-1-5-14-29/h1-2,4-7,10-18,21-22,27,33,37H,3,8-9,19-20,25-26,28H2,(H,39,45)/t37-/m1/s1. The van der Waals surface area contributed by atoms with Crippen LogP contribution in [-0.2, 0) is 22.6 Å². The van der Waals surface area contributed by atoms with E-state index in [-0.39, 0.29) is 24.4 Å². The predicted octanol–water partition coefficient (Wildman–Crippen LogP) is 6.09. The van der Waals surface area contributed by atoms with Crippen molar-refractivity contribution in [1.82, 2.24) is 25.2 Å². The van der Waals surface area contributed by atoms with Crippen molar-refractivity contribution in [2.24, 2.45) is 0 Å². The highest BCUT2D eigenvalue weighted by Gasteiger charge is 2.33. The first-order valence-corrected chi connectivity index (χ1v) is 15.7. The third-order valence-electron chi connectivity index (χ3n) is 8.35. The Balaban J connectivity index is 1.36. The van der Waals surface area contributed by atoms with Gasteiger partial charge in [-0.25, -0.2) is 4.68 Å². The Morgan fingerprint density at radius 2 is 1.51 bits per heavy atom. The van der Waals surface area contributed by atoms with E-state index in [1.807, 2.05) is 109 Å². The van der Waals surface area contributed by atoms with Gasteiger partial charge in [-0.05, 0) is 66.8 Å². The van der Waals surface area contributed by atoms with Gasteiger partial charge in [-0.3, -0.25) is 9.59 Å². The molecule has 0 spiro atoms. The fourth-order valence-electron chi connectivity index (χ4n) is 6.00. The van der Waals surface area contributed by atoms with Gasteiger partial charge in [0.15, 0.2) is 0 Å². The van der Waals surface area contributed by atoms with Crippen molar-refractivity contribution < 1.29 is 9.59 Å². The molecule has 7 nitrogen and oxygen atoms in total. The minimum Gasteiger partial charge on any atom is -0.351 e. The smallest absolute Gasteiger partial charge is 0.247 e. The number of nitrogens with zero attached hydrogens (tertiary/aromatic N) is 4. The fraction of sp³-hybridized carbons (Fsp3) is 0.263. The van der Waals surface area contributed by atoms with E-state index in [1.165, 1.54) is 6.42 Å². The summed E-state index contributed by atoms with van der Waals surface area (Å²) in [5.41, 5.74) is 5.01. The van der Waals surface area contributed by atoms with Crippen LogP contribution in [0.25, 0.3) is 11.0 Å². The molecule has 1 heterocycles. The van der Waals surface area contributed by atoms with E-state index in [9.17, 15) is 9.59 Å². The molecule has 7 heteroatoms. The van der Waals surface area contributed by atoms with Crippen LogP contribution in [-0.4, -0.2) is 44.3 Å². The first-order chi connectivity index (χ1) is 22.1. The van der Waals surface area contributed by atoms with Crippen LogP contribution < -0.4 is 5.32 Å². The Morgan fingerprint density at radius 3 is 2.31 bits per heavy atom. The van der Waals surface area contributed by atoms with Crippen molar-refractivity contribution in [3.05, 3.63) is 131 Å². The van der Waals surface area contributed by atoms with Crippen molar-refractivity contribution in [2.75, 3.05) is 6.54 Å². The monoisotopic (exact) mass is 595 g/mol. The van der Waals surface area contributed by atoms with Crippen LogP contribution in [0.5, 0.6) is 0 Å². The van der Waals surface area contributed by atoms with Gasteiger partial charge in [0, 0.05) is 23.7 Å². The lowest BCUT2D eigenvalue weighted by atomic mass is 9.94. The number of hydrogen-bond acceptors (Lipinski definition) is 4. The van der Waals surface area contributed by atoms with E-state index < -0.39 is 6.04 Å². The Labute approximate surface area is 264 Å². The topological polar surface area (TPSA) is 80.1 Å². The Bertz CT molecular complexity index is 1800. The predicted molar refractivity (Wildman–Crippen MR) is 176 cm³/mol. The molecule has 0 radical (unpaired) electrons. The van der Waals surface area contributed by atoms with Crippen LogP contribution in [0, 0.1) is 11.8 Å². The summed E-state index contributed by atoms with van der Waals surface area (Å²) in [6.45, 7) is 0.328. The molecule has 1 aliphatic rings. The van der Waals surface area contributed by atoms with Gasteiger partial charge in [-0.2, -0.15) is 0 Å². The molecule has 0 aliphatic heterocycles. The van der Waals surface area contributed by atoms with E-state index >= 15 is 0 Å². The maximum atomic E-state index is 14.3. The van der Waals surface area contributed by atoms with Gasteiger partial charge < -0.3 is 10.2 Å². The van der Waals surface area contributed by atoms with E-state index in [0.717, 1.165) is 59.0 Å². The van der Waals surface area contributed by atoms with Crippen molar-refractivity contribution in [2.45, 2.75) is 57.2 Å². The van der Waals surface area contributed by atoms with E-state index in [1.54, 1.807) is 9.58 Å². The summed E-state index contributed by atoms with van der Waals surface area (Å²) in [7, 11) is 0. The lowest BCUT2D eigenvalue weighted by molar-refractivity contribution is -0.141. The Morgan fingerprint density at radius 1 is 0.822 bits per heavy atom. The number of hydrogen-bond donors (Lipinski definition) is 1.